The summed E-state index contributed by atoms with van der Waals surface area (Å²) in [5, 5.41) is 3.48. The third-order valence-corrected chi connectivity index (χ3v) is 3.19. The number of rotatable bonds is 2. The van der Waals surface area contributed by atoms with Gasteiger partial charge in [0.25, 0.3) is 0 Å². The topological polar surface area (TPSA) is 21.3 Å². The number of piperidine rings is 1. The quantitative estimate of drug-likeness (QED) is 0.801. The minimum atomic E-state index is 0.634. The van der Waals surface area contributed by atoms with Gasteiger partial charge < -0.3 is 10.1 Å². The summed E-state index contributed by atoms with van der Waals surface area (Å²) in [5.74, 6) is 1.66. The lowest BCUT2D eigenvalue weighted by Crippen LogP contribution is -2.34. The highest BCUT2D eigenvalue weighted by atomic mass is 16.5. The first kappa shape index (κ1) is 10.5. The summed E-state index contributed by atoms with van der Waals surface area (Å²) in [6.07, 6.45) is 2.46. The summed E-state index contributed by atoms with van der Waals surface area (Å²) >= 11 is 0. The first-order valence-corrected chi connectivity index (χ1v) is 5.67. The minimum absolute atomic E-state index is 0.634. The van der Waals surface area contributed by atoms with Crippen LogP contribution in [0.4, 0.5) is 0 Å². The van der Waals surface area contributed by atoms with E-state index in [9.17, 15) is 0 Å². The van der Waals surface area contributed by atoms with E-state index in [1.165, 1.54) is 18.4 Å². The van der Waals surface area contributed by atoms with Gasteiger partial charge in [-0.25, -0.2) is 0 Å². The molecule has 82 valence electrons. The van der Waals surface area contributed by atoms with Gasteiger partial charge in [-0.05, 0) is 49.9 Å². The molecule has 2 atom stereocenters. The van der Waals surface area contributed by atoms with Crippen molar-refractivity contribution in [2.45, 2.75) is 31.7 Å². The molecule has 0 aromatic heterocycles. The molecule has 2 rings (SSSR count). The maximum Gasteiger partial charge on any atom is 0.119 e. The smallest absolute Gasteiger partial charge is 0.119 e. The van der Waals surface area contributed by atoms with E-state index < -0.39 is 0 Å². The first-order chi connectivity index (χ1) is 7.29. The van der Waals surface area contributed by atoms with Crippen molar-refractivity contribution in [3.05, 3.63) is 29.8 Å². The highest BCUT2D eigenvalue weighted by Crippen LogP contribution is 2.29. The third kappa shape index (κ3) is 2.51. The lowest BCUT2D eigenvalue weighted by molar-refractivity contribution is 0.378. The molecule has 0 radical (unpaired) electrons. The molecule has 1 saturated heterocycles. The van der Waals surface area contributed by atoms with Crippen LogP contribution in [0.2, 0.25) is 0 Å². The van der Waals surface area contributed by atoms with E-state index in [-0.39, 0.29) is 0 Å². The Kier molecular flexibility index (Phi) is 3.27. The van der Waals surface area contributed by atoms with Gasteiger partial charge in [-0.1, -0.05) is 12.1 Å². The standard InChI is InChI=1S/C13H19NO/c1-10-8-12(6-7-14-10)11-4-3-5-13(9-11)15-2/h3-5,9-10,12,14H,6-8H2,1-2H3/t10-,12+/m1/s1. The Morgan fingerprint density at radius 3 is 3.00 bits per heavy atom. The molecular weight excluding hydrogens is 186 g/mol. The molecule has 0 amide bonds. The average Bonchev–Trinajstić information content (AvgIpc) is 2.29. The number of methoxy groups -OCH3 is 1. The second kappa shape index (κ2) is 4.67. The van der Waals surface area contributed by atoms with Gasteiger partial charge in [-0.3, -0.25) is 0 Å². The lowest BCUT2D eigenvalue weighted by atomic mass is 9.87. The number of benzene rings is 1. The van der Waals surface area contributed by atoms with Crippen LogP contribution < -0.4 is 10.1 Å². The van der Waals surface area contributed by atoms with Crippen molar-refractivity contribution in [2.24, 2.45) is 0 Å². The molecule has 1 N–H and O–H groups in total. The normalized spacial score (nSPS) is 26.3. The molecule has 0 saturated carbocycles. The minimum Gasteiger partial charge on any atom is -0.497 e. The zero-order chi connectivity index (χ0) is 10.7. The van der Waals surface area contributed by atoms with E-state index in [0.717, 1.165) is 12.3 Å². The van der Waals surface area contributed by atoms with Gasteiger partial charge in [-0.2, -0.15) is 0 Å². The molecule has 1 heterocycles. The van der Waals surface area contributed by atoms with Crippen LogP contribution in [0.3, 0.4) is 0 Å². The summed E-state index contributed by atoms with van der Waals surface area (Å²) in [7, 11) is 1.73. The Labute approximate surface area is 91.6 Å². The summed E-state index contributed by atoms with van der Waals surface area (Å²) < 4.78 is 5.26. The molecule has 1 aromatic carbocycles. The molecule has 1 fully saturated rings. The second-order valence-corrected chi connectivity index (χ2v) is 4.35. The van der Waals surface area contributed by atoms with Crippen molar-refractivity contribution >= 4 is 0 Å². The molecule has 0 unspecified atom stereocenters. The van der Waals surface area contributed by atoms with Crippen LogP contribution in [-0.4, -0.2) is 19.7 Å². The predicted molar refractivity (Wildman–Crippen MR) is 62.4 cm³/mol. The van der Waals surface area contributed by atoms with Crippen molar-refractivity contribution in [2.75, 3.05) is 13.7 Å². The maximum absolute atomic E-state index is 5.26. The van der Waals surface area contributed by atoms with E-state index in [4.69, 9.17) is 4.74 Å². The molecule has 1 aliphatic rings. The van der Waals surface area contributed by atoms with E-state index in [0.29, 0.717) is 12.0 Å². The fourth-order valence-corrected chi connectivity index (χ4v) is 2.33. The average molecular weight is 205 g/mol. The Morgan fingerprint density at radius 2 is 2.27 bits per heavy atom. The summed E-state index contributed by atoms with van der Waals surface area (Å²) in [4.78, 5) is 0. The van der Waals surface area contributed by atoms with Crippen LogP contribution in [0, 0.1) is 0 Å². The predicted octanol–water partition coefficient (Wildman–Crippen LogP) is 2.55. The zero-order valence-corrected chi connectivity index (χ0v) is 9.49. The molecule has 0 spiro atoms. The molecule has 2 heteroatoms. The fourth-order valence-electron chi connectivity index (χ4n) is 2.33. The highest BCUT2D eigenvalue weighted by molar-refractivity contribution is 5.31. The molecule has 1 aliphatic heterocycles. The zero-order valence-electron chi connectivity index (χ0n) is 9.49. The van der Waals surface area contributed by atoms with E-state index in [1.54, 1.807) is 7.11 Å². The van der Waals surface area contributed by atoms with Crippen molar-refractivity contribution in [1.29, 1.82) is 0 Å². The SMILES string of the molecule is COc1cccc([C@H]2CCN[C@H](C)C2)c1. The van der Waals surface area contributed by atoms with Crippen LogP contribution in [0.1, 0.15) is 31.2 Å². The summed E-state index contributed by atoms with van der Waals surface area (Å²) in [5.41, 5.74) is 1.42. The fraction of sp³-hybridized carbons (Fsp3) is 0.538. The largest absolute Gasteiger partial charge is 0.497 e. The molecule has 0 bridgehead atoms. The molecule has 1 aromatic rings. The Balaban J connectivity index is 2.13. The van der Waals surface area contributed by atoms with Crippen molar-refractivity contribution in [1.82, 2.24) is 5.32 Å². The van der Waals surface area contributed by atoms with Gasteiger partial charge in [0.05, 0.1) is 7.11 Å². The van der Waals surface area contributed by atoms with Crippen LogP contribution in [-0.2, 0) is 0 Å². The molecular formula is C13H19NO. The van der Waals surface area contributed by atoms with Crippen molar-refractivity contribution in [3.63, 3.8) is 0 Å². The van der Waals surface area contributed by atoms with E-state index in [2.05, 4.69) is 30.4 Å². The third-order valence-electron chi connectivity index (χ3n) is 3.19. The van der Waals surface area contributed by atoms with Gasteiger partial charge in [0.1, 0.15) is 5.75 Å². The van der Waals surface area contributed by atoms with Gasteiger partial charge >= 0.3 is 0 Å². The number of nitrogens with one attached hydrogen (secondary N) is 1. The lowest BCUT2D eigenvalue weighted by Gasteiger charge is -2.28. The molecule has 0 aliphatic carbocycles. The number of ether oxygens (including phenoxy) is 1. The van der Waals surface area contributed by atoms with Gasteiger partial charge in [0, 0.05) is 6.04 Å². The van der Waals surface area contributed by atoms with Crippen molar-refractivity contribution in [3.8, 4) is 5.75 Å². The van der Waals surface area contributed by atoms with Gasteiger partial charge in [-0.15, -0.1) is 0 Å². The molecule has 2 nitrogen and oxygen atoms in total. The Bertz CT molecular complexity index is 324. The van der Waals surface area contributed by atoms with Crippen LogP contribution in [0.15, 0.2) is 24.3 Å². The van der Waals surface area contributed by atoms with Crippen LogP contribution >= 0.6 is 0 Å². The van der Waals surface area contributed by atoms with Crippen molar-refractivity contribution < 1.29 is 4.74 Å². The maximum atomic E-state index is 5.26. The summed E-state index contributed by atoms with van der Waals surface area (Å²) in [6.45, 7) is 3.38. The van der Waals surface area contributed by atoms with E-state index in [1.807, 2.05) is 6.07 Å². The monoisotopic (exact) mass is 205 g/mol. The first-order valence-electron chi connectivity index (χ1n) is 5.67. The van der Waals surface area contributed by atoms with E-state index >= 15 is 0 Å². The second-order valence-electron chi connectivity index (χ2n) is 4.35. The summed E-state index contributed by atoms with van der Waals surface area (Å²) in [6, 6.07) is 9.11. The number of hydrogen-bond acceptors (Lipinski definition) is 2. The van der Waals surface area contributed by atoms with Gasteiger partial charge in [0.15, 0.2) is 0 Å². The van der Waals surface area contributed by atoms with Crippen LogP contribution in [0.5, 0.6) is 5.75 Å². The Hall–Kier alpha value is -1.02. The van der Waals surface area contributed by atoms with Gasteiger partial charge in [0.2, 0.25) is 0 Å². The Morgan fingerprint density at radius 1 is 1.40 bits per heavy atom. The van der Waals surface area contributed by atoms with Crippen LogP contribution in [0.25, 0.3) is 0 Å². The number of hydrogen-bond donors (Lipinski definition) is 1. The highest BCUT2D eigenvalue weighted by Gasteiger charge is 2.19. The molecule has 15 heavy (non-hydrogen) atoms.